The number of alkyl halides is 3. The van der Waals surface area contributed by atoms with Gasteiger partial charge in [0.05, 0.1) is 0 Å². The van der Waals surface area contributed by atoms with E-state index in [4.69, 9.17) is 44.6 Å². The third-order valence-electron chi connectivity index (χ3n) is 0.737. The van der Waals surface area contributed by atoms with Crippen molar-refractivity contribution in [3.63, 3.8) is 0 Å². The SMILES string of the molecule is O=P(O)(O)C(Cl)C=CC(Cl)Cl. The van der Waals surface area contributed by atoms with Gasteiger partial charge in [0.1, 0.15) is 4.84 Å². The second kappa shape index (κ2) is 4.70. The largest absolute Gasteiger partial charge is 0.347 e. The molecular formula is C4H6Cl3O3P. The van der Waals surface area contributed by atoms with E-state index < -0.39 is 17.6 Å². The molecule has 0 saturated carbocycles. The molecular weight excluding hydrogens is 233 g/mol. The van der Waals surface area contributed by atoms with E-state index in [1.54, 1.807) is 0 Å². The zero-order chi connectivity index (χ0) is 9.07. The Labute approximate surface area is 79.1 Å². The van der Waals surface area contributed by atoms with Crippen LogP contribution in [0.4, 0.5) is 0 Å². The summed E-state index contributed by atoms with van der Waals surface area (Å²) in [6.07, 6.45) is 2.26. The van der Waals surface area contributed by atoms with E-state index in [2.05, 4.69) is 0 Å². The molecule has 0 aromatic heterocycles. The maximum Gasteiger partial charge on any atom is 0.347 e. The smallest absolute Gasteiger partial charge is 0.323 e. The molecule has 0 radical (unpaired) electrons. The fourth-order valence-electron chi connectivity index (χ4n) is 0.288. The maximum atomic E-state index is 10.4. The molecule has 1 unspecified atom stereocenters. The van der Waals surface area contributed by atoms with Gasteiger partial charge in [-0.2, -0.15) is 0 Å². The Balaban J connectivity index is 4.08. The number of hydrogen-bond donors (Lipinski definition) is 2. The molecule has 0 spiro atoms. The highest BCUT2D eigenvalue weighted by Crippen LogP contribution is 2.44. The van der Waals surface area contributed by atoms with Gasteiger partial charge in [-0.3, -0.25) is 4.57 Å². The summed E-state index contributed by atoms with van der Waals surface area (Å²) in [5.41, 5.74) is 0. The molecule has 66 valence electrons. The summed E-state index contributed by atoms with van der Waals surface area (Å²) in [7, 11) is -4.25. The van der Waals surface area contributed by atoms with E-state index in [9.17, 15) is 4.57 Å². The van der Waals surface area contributed by atoms with Crippen LogP contribution in [0.3, 0.4) is 0 Å². The first-order valence-electron chi connectivity index (χ1n) is 2.50. The lowest BCUT2D eigenvalue weighted by Gasteiger charge is -2.05. The lowest BCUT2D eigenvalue weighted by atomic mass is 10.6. The molecule has 0 fully saturated rings. The molecule has 0 amide bonds. The van der Waals surface area contributed by atoms with Gasteiger partial charge in [0.25, 0.3) is 0 Å². The van der Waals surface area contributed by atoms with Crippen LogP contribution < -0.4 is 0 Å². The Kier molecular flexibility index (Phi) is 5.03. The number of hydrogen-bond acceptors (Lipinski definition) is 1. The number of halogens is 3. The quantitative estimate of drug-likeness (QED) is 0.450. The van der Waals surface area contributed by atoms with Crippen molar-refractivity contribution in [2.24, 2.45) is 0 Å². The van der Waals surface area contributed by atoms with E-state index in [1.165, 1.54) is 6.08 Å². The van der Waals surface area contributed by atoms with Crippen LogP contribution in [-0.4, -0.2) is 19.7 Å². The average Bonchev–Trinajstić information content (AvgIpc) is 1.80. The Bertz CT molecular complexity index is 187. The molecule has 3 nitrogen and oxygen atoms in total. The highest BCUT2D eigenvalue weighted by molar-refractivity contribution is 7.54. The van der Waals surface area contributed by atoms with Crippen molar-refractivity contribution in [1.82, 2.24) is 0 Å². The van der Waals surface area contributed by atoms with Gasteiger partial charge in [-0.25, -0.2) is 0 Å². The fourth-order valence-corrected chi connectivity index (χ4v) is 0.863. The van der Waals surface area contributed by atoms with Crippen molar-refractivity contribution >= 4 is 42.4 Å². The zero-order valence-electron chi connectivity index (χ0n) is 5.19. The van der Waals surface area contributed by atoms with Crippen LogP contribution in [0.15, 0.2) is 12.2 Å². The van der Waals surface area contributed by atoms with Crippen LogP contribution in [0.5, 0.6) is 0 Å². The topological polar surface area (TPSA) is 57.5 Å². The van der Waals surface area contributed by atoms with Gasteiger partial charge in [-0.05, 0) is 0 Å². The molecule has 7 heteroatoms. The summed E-state index contributed by atoms with van der Waals surface area (Å²) in [4.78, 5) is 16.1. The van der Waals surface area contributed by atoms with Crippen molar-refractivity contribution in [2.45, 2.75) is 9.95 Å². The Morgan fingerprint density at radius 2 is 1.64 bits per heavy atom. The van der Waals surface area contributed by atoms with Crippen LogP contribution >= 0.6 is 42.4 Å². The molecule has 0 aromatic rings. The van der Waals surface area contributed by atoms with E-state index in [-0.39, 0.29) is 0 Å². The minimum absolute atomic E-state index is 0.803. The summed E-state index contributed by atoms with van der Waals surface area (Å²) < 4.78 is 10.4. The first-order chi connectivity index (χ1) is 4.84. The minimum Gasteiger partial charge on any atom is -0.323 e. The Hall–Kier alpha value is 0.760. The molecule has 1 atom stereocenters. The summed E-state index contributed by atoms with van der Waals surface area (Å²) in [5, 5.41) is -1.36. The van der Waals surface area contributed by atoms with Gasteiger partial charge in [-0.1, -0.05) is 12.2 Å². The fraction of sp³-hybridized carbons (Fsp3) is 0.500. The van der Waals surface area contributed by atoms with E-state index >= 15 is 0 Å². The van der Waals surface area contributed by atoms with Crippen LogP contribution in [0.1, 0.15) is 0 Å². The molecule has 0 rings (SSSR count). The first kappa shape index (κ1) is 11.8. The molecule has 0 bridgehead atoms. The van der Waals surface area contributed by atoms with Gasteiger partial charge in [0.2, 0.25) is 0 Å². The summed E-state index contributed by atoms with van der Waals surface area (Å²) in [6, 6.07) is 0. The van der Waals surface area contributed by atoms with Crippen molar-refractivity contribution in [3.05, 3.63) is 12.2 Å². The standard InChI is InChI=1S/C4H6Cl3O3P/c5-3(6)1-2-4(7)11(8,9)10/h1-4H,(H2,8,9,10). The lowest BCUT2D eigenvalue weighted by molar-refractivity contribution is 0.373. The highest BCUT2D eigenvalue weighted by Gasteiger charge is 2.23. The van der Waals surface area contributed by atoms with E-state index in [0.29, 0.717) is 0 Å². The molecule has 11 heavy (non-hydrogen) atoms. The van der Waals surface area contributed by atoms with Gasteiger partial charge >= 0.3 is 7.60 Å². The second-order valence-electron chi connectivity index (χ2n) is 1.68. The molecule has 0 aliphatic heterocycles. The lowest BCUT2D eigenvalue weighted by Crippen LogP contribution is -1.95. The third kappa shape index (κ3) is 5.97. The number of allylic oxidation sites excluding steroid dienone is 2. The summed E-state index contributed by atoms with van der Waals surface area (Å²) in [5.74, 6) is 0. The van der Waals surface area contributed by atoms with Gasteiger partial charge in [0, 0.05) is 0 Å². The highest BCUT2D eigenvalue weighted by atomic mass is 35.5. The first-order valence-corrected chi connectivity index (χ1v) is 5.49. The van der Waals surface area contributed by atoms with Gasteiger partial charge < -0.3 is 9.79 Å². The van der Waals surface area contributed by atoms with Crippen molar-refractivity contribution in [1.29, 1.82) is 0 Å². The molecule has 0 saturated heterocycles. The van der Waals surface area contributed by atoms with Crippen LogP contribution in [0, 0.1) is 0 Å². The Morgan fingerprint density at radius 3 is 1.91 bits per heavy atom. The van der Waals surface area contributed by atoms with E-state index in [1.807, 2.05) is 0 Å². The zero-order valence-corrected chi connectivity index (χ0v) is 8.36. The van der Waals surface area contributed by atoms with Crippen LogP contribution in [-0.2, 0) is 4.57 Å². The Morgan fingerprint density at radius 1 is 1.18 bits per heavy atom. The normalized spacial score (nSPS) is 16.2. The van der Waals surface area contributed by atoms with Gasteiger partial charge in [-0.15, -0.1) is 34.8 Å². The molecule has 2 N–H and O–H groups in total. The minimum atomic E-state index is -4.25. The van der Waals surface area contributed by atoms with Crippen molar-refractivity contribution in [3.8, 4) is 0 Å². The molecule has 0 heterocycles. The number of rotatable bonds is 3. The van der Waals surface area contributed by atoms with Crippen LogP contribution in [0.2, 0.25) is 0 Å². The maximum absolute atomic E-state index is 10.4. The molecule has 0 aliphatic carbocycles. The molecule has 0 aliphatic rings. The van der Waals surface area contributed by atoms with Crippen LogP contribution in [0.25, 0.3) is 0 Å². The van der Waals surface area contributed by atoms with E-state index in [0.717, 1.165) is 6.08 Å². The predicted molar refractivity (Wildman–Crippen MR) is 46.3 cm³/mol. The third-order valence-corrected chi connectivity index (χ3v) is 2.75. The predicted octanol–water partition coefficient (Wildman–Crippen LogP) is 2.09. The average molecular weight is 239 g/mol. The summed E-state index contributed by atoms with van der Waals surface area (Å²) >= 11 is 15.7. The van der Waals surface area contributed by atoms with Gasteiger partial charge in [0.15, 0.2) is 5.12 Å². The van der Waals surface area contributed by atoms with Crippen molar-refractivity contribution in [2.75, 3.05) is 0 Å². The van der Waals surface area contributed by atoms with Crippen molar-refractivity contribution < 1.29 is 14.4 Å². The molecule has 0 aromatic carbocycles. The monoisotopic (exact) mass is 238 g/mol. The summed E-state index contributed by atoms with van der Waals surface area (Å²) in [6.45, 7) is 0. The second-order valence-corrected chi connectivity index (χ2v) is 5.35.